The number of nitrogens with one attached hydrogen (secondary N) is 2. The fourth-order valence-corrected chi connectivity index (χ4v) is 4.02. The Balaban J connectivity index is 1.74. The molecule has 0 bridgehead atoms. The smallest absolute Gasteiger partial charge is 0.294 e. The molecular weight excluding hydrogens is 358 g/mol. The van der Waals surface area contributed by atoms with E-state index in [4.69, 9.17) is 10.2 Å². The van der Waals surface area contributed by atoms with E-state index < -0.39 is 0 Å². The third-order valence-electron chi connectivity index (χ3n) is 5.39. The second-order valence-corrected chi connectivity index (χ2v) is 7.37. The zero-order valence-electron chi connectivity index (χ0n) is 16.0. The van der Waals surface area contributed by atoms with Gasteiger partial charge >= 0.3 is 0 Å². The quantitative estimate of drug-likeness (QED) is 0.720. The minimum Gasteiger partial charge on any atom is -0.459 e. The molecule has 3 heterocycles. The first-order chi connectivity index (χ1) is 13.5. The van der Waals surface area contributed by atoms with Gasteiger partial charge in [0, 0.05) is 32.5 Å². The molecule has 0 aliphatic carbocycles. The van der Waals surface area contributed by atoms with Gasteiger partial charge < -0.3 is 20.0 Å². The maximum absolute atomic E-state index is 13.1. The summed E-state index contributed by atoms with van der Waals surface area (Å²) in [6.07, 6.45) is 1.28. The Morgan fingerprint density at radius 2 is 1.93 bits per heavy atom. The van der Waals surface area contributed by atoms with E-state index in [1.165, 1.54) is 6.26 Å². The van der Waals surface area contributed by atoms with Gasteiger partial charge in [0.2, 0.25) is 5.91 Å². The van der Waals surface area contributed by atoms with Gasteiger partial charge in [-0.15, -0.1) is 0 Å². The van der Waals surface area contributed by atoms with Crippen LogP contribution >= 0.6 is 0 Å². The first kappa shape index (κ1) is 18.7. The highest BCUT2D eigenvalue weighted by molar-refractivity contribution is 6.09. The Labute approximate surface area is 163 Å². The molecule has 0 unspecified atom stereocenters. The van der Waals surface area contributed by atoms with E-state index in [0.717, 1.165) is 30.0 Å². The van der Waals surface area contributed by atoms with Crippen LogP contribution in [0.15, 0.2) is 41.0 Å². The summed E-state index contributed by atoms with van der Waals surface area (Å²) in [5.74, 6) is 0.251. The zero-order valence-corrected chi connectivity index (χ0v) is 16.0. The summed E-state index contributed by atoms with van der Waals surface area (Å²) in [4.78, 5) is 28.8. The predicted molar refractivity (Wildman–Crippen MR) is 106 cm³/mol. The maximum Gasteiger partial charge on any atom is 0.294 e. The summed E-state index contributed by atoms with van der Waals surface area (Å²) in [5.41, 5.74) is 8.39. The van der Waals surface area contributed by atoms with Crippen molar-refractivity contribution in [2.24, 2.45) is 5.73 Å². The first-order valence-corrected chi connectivity index (χ1v) is 9.47. The third-order valence-corrected chi connectivity index (χ3v) is 5.39. The molecule has 4 N–H and O–H groups in total. The lowest BCUT2D eigenvalue weighted by atomic mass is 9.94. The van der Waals surface area contributed by atoms with Crippen molar-refractivity contribution < 1.29 is 14.0 Å². The maximum atomic E-state index is 13.1. The zero-order chi connectivity index (χ0) is 19.8. The highest BCUT2D eigenvalue weighted by Gasteiger charge is 2.35. The minimum atomic E-state index is -0.208. The van der Waals surface area contributed by atoms with Crippen molar-refractivity contribution in [3.05, 3.63) is 47.9 Å². The summed E-state index contributed by atoms with van der Waals surface area (Å²) < 4.78 is 5.33. The molecule has 1 aromatic carbocycles. The predicted octanol–water partition coefficient (Wildman–Crippen LogP) is 1.20. The van der Waals surface area contributed by atoms with Crippen LogP contribution in [0, 0.1) is 0 Å². The number of anilines is 2. The van der Waals surface area contributed by atoms with Crippen LogP contribution in [-0.4, -0.2) is 43.8 Å². The summed E-state index contributed by atoms with van der Waals surface area (Å²) in [5, 5.41) is 6.42. The van der Waals surface area contributed by atoms with E-state index in [1.807, 2.05) is 25.1 Å². The average Bonchev–Trinajstić information content (AvgIpc) is 3.21. The fraction of sp³-hybridized carbons (Fsp3) is 0.400. The number of nitrogens with two attached hydrogens (primary N) is 1. The van der Waals surface area contributed by atoms with Crippen molar-refractivity contribution in [3.8, 4) is 0 Å². The van der Waals surface area contributed by atoms with Crippen molar-refractivity contribution in [1.29, 1.82) is 0 Å². The summed E-state index contributed by atoms with van der Waals surface area (Å²) in [6.45, 7) is 5.38. The number of benzene rings is 1. The molecule has 1 aromatic heterocycles. The van der Waals surface area contributed by atoms with Gasteiger partial charge in [-0.1, -0.05) is 6.07 Å². The first-order valence-electron chi connectivity index (χ1n) is 9.47. The summed E-state index contributed by atoms with van der Waals surface area (Å²) in [6, 6.07) is 9.17. The van der Waals surface area contributed by atoms with Gasteiger partial charge in [-0.05, 0) is 36.8 Å². The third kappa shape index (κ3) is 3.30. The van der Waals surface area contributed by atoms with E-state index in [0.29, 0.717) is 6.54 Å². The van der Waals surface area contributed by atoms with Crippen LogP contribution in [0.1, 0.15) is 35.9 Å². The number of fused-ring (bicyclic) bond motifs is 1. The molecular formula is C20H25N5O3. The Kier molecular flexibility index (Phi) is 4.92. The molecule has 8 heteroatoms. The lowest BCUT2D eigenvalue weighted by Gasteiger charge is -2.41. The normalized spacial score (nSPS) is 24.8. The van der Waals surface area contributed by atoms with Crippen LogP contribution in [0.4, 0.5) is 11.4 Å². The van der Waals surface area contributed by atoms with Gasteiger partial charge in [0.05, 0.1) is 23.7 Å². The Morgan fingerprint density at radius 1 is 1.18 bits per heavy atom. The van der Waals surface area contributed by atoms with Crippen LogP contribution in [0.25, 0.3) is 0 Å². The largest absolute Gasteiger partial charge is 0.459 e. The van der Waals surface area contributed by atoms with Crippen molar-refractivity contribution in [2.45, 2.75) is 32.1 Å². The fourth-order valence-electron chi connectivity index (χ4n) is 4.02. The van der Waals surface area contributed by atoms with Crippen LogP contribution in [0.2, 0.25) is 0 Å². The number of carbonyl (C=O) groups excluding carboxylic acids is 2. The molecule has 4 rings (SSSR count). The molecule has 2 aliphatic heterocycles. The van der Waals surface area contributed by atoms with Crippen molar-refractivity contribution in [3.63, 3.8) is 0 Å². The van der Waals surface area contributed by atoms with Crippen LogP contribution in [0.5, 0.6) is 0 Å². The molecule has 0 saturated carbocycles. The monoisotopic (exact) mass is 383 g/mol. The molecule has 1 atom stereocenters. The van der Waals surface area contributed by atoms with E-state index in [1.54, 1.807) is 28.9 Å². The van der Waals surface area contributed by atoms with Gasteiger partial charge in [0.15, 0.2) is 5.76 Å². The Bertz CT molecular complexity index is 874. The second kappa shape index (κ2) is 7.38. The van der Waals surface area contributed by atoms with Crippen LogP contribution < -0.4 is 26.2 Å². The van der Waals surface area contributed by atoms with Gasteiger partial charge in [-0.3, -0.25) is 20.2 Å². The molecule has 0 radical (unpaired) electrons. The molecule has 0 spiro atoms. The Hall–Kier alpha value is -2.68. The summed E-state index contributed by atoms with van der Waals surface area (Å²) in [7, 11) is 0. The number of carbonyl (C=O) groups is 2. The number of hydrogen-bond donors (Lipinski definition) is 3. The number of rotatable bonds is 2. The van der Waals surface area contributed by atoms with Crippen molar-refractivity contribution in [1.82, 2.24) is 10.6 Å². The second-order valence-electron chi connectivity index (χ2n) is 7.37. The molecule has 8 nitrogen and oxygen atoms in total. The van der Waals surface area contributed by atoms with Crippen molar-refractivity contribution >= 4 is 23.2 Å². The Morgan fingerprint density at radius 3 is 2.57 bits per heavy atom. The van der Waals surface area contributed by atoms with E-state index in [-0.39, 0.29) is 35.8 Å². The van der Waals surface area contributed by atoms with E-state index in [9.17, 15) is 9.59 Å². The molecule has 2 aromatic rings. The van der Waals surface area contributed by atoms with Crippen LogP contribution in [0.3, 0.4) is 0 Å². The minimum absolute atomic E-state index is 0.0430. The number of furan rings is 1. The SMILES string of the molecule is CC(=O)N1c2ccc(C3CNC(N)NC3)cc2N(C(=O)c2ccco2)C[C@@H]1C. The van der Waals surface area contributed by atoms with Gasteiger partial charge in [0.1, 0.15) is 6.29 Å². The standard InChI is InChI=1S/C20H25N5O3/c1-12-11-24(19(27)18-4-3-7-28-18)17-8-14(15-9-22-20(21)23-10-15)5-6-16(17)25(12)13(2)26/h3-8,12,15,20,22-23H,9-11,21H2,1-2H3/t12-,15?,20?/m0/s1. The molecule has 148 valence electrons. The number of hydrogen-bond acceptors (Lipinski definition) is 6. The lowest BCUT2D eigenvalue weighted by Crippen LogP contribution is -2.56. The molecule has 1 saturated heterocycles. The molecule has 28 heavy (non-hydrogen) atoms. The summed E-state index contributed by atoms with van der Waals surface area (Å²) >= 11 is 0. The number of amides is 2. The lowest BCUT2D eigenvalue weighted by molar-refractivity contribution is -0.117. The molecule has 2 amide bonds. The van der Waals surface area contributed by atoms with Gasteiger partial charge in [-0.25, -0.2) is 0 Å². The van der Waals surface area contributed by atoms with Crippen LogP contribution in [-0.2, 0) is 4.79 Å². The van der Waals surface area contributed by atoms with Gasteiger partial charge in [-0.2, -0.15) is 0 Å². The highest BCUT2D eigenvalue weighted by atomic mass is 16.3. The average molecular weight is 383 g/mol. The molecule has 2 aliphatic rings. The number of nitrogens with zero attached hydrogens (tertiary/aromatic N) is 2. The van der Waals surface area contributed by atoms with Gasteiger partial charge in [0.25, 0.3) is 5.91 Å². The topological polar surface area (TPSA) is 104 Å². The highest BCUT2D eigenvalue weighted by Crippen LogP contribution is 2.38. The molecule has 1 fully saturated rings. The van der Waals surface area contributed by atoms with E-state index >= 15 is 0 Å². The van der Waals surface area contributed by atoms with Crippen molar-refractivity contribution in [2.75, 3.05) is 29.4 Å². The van der Waals surface area contributed by atoms with E-state index in [2.05, 4.69) is 10.6 Å².